The van der Waals surface area contributed by atoms with E-state index < -0.39 is 0 Å². The van der Waals surface area contributed by atoms with Gasteiger partial charge in [0.05, 0.1) is 4.70 Å². The van der Waals surface area contributed by atoms with Crippen molar-refractivity contribution >= 4 is 31.5 Å². The van der Waals surface area contributed by atoms with Crippen LogP contribution in [0, 0.1) is 0 Å². The van der Waals surface area contributed by atoms with E-state index >= 15 is 0 Å². The zero-order chi connectivity index (χ0) is 12.0. The minimum Gasteiger partial charge on any atom is -0.504 e. The Labute approximate surface area is 100 Å². The second-order valence-corrected chi connectivity index (χ2v) is 4.79. The number of phenols is 2. The highest BCUT2D eigenvalue weighted by Gasteiger charge is 2.11. The van der Waals surface area contributed by atoms with Gasteiger partial charge in [-0.25, -0.2) is 0 Å². The highest BCUT2D eigenvalue weighted by atomic mass is 32.1. The van der Waals surface area contributed by atoms with Gasteiger partial charge in [-0.05, 0) is 24.3 Å². The lowest BCUT2D eigenvalue weighted by Gasteiger charge is -2.03. The number of phenolic OH excluding ortho intramolecular Hbond substituents is 2. The van der Waals surface area contributed by atoms with Crippen molar-refractivity contribution in [2.45, 2.75) is 0 Å². The largest absolute Gasteiger partial charge is 0.504 e. The summed E-state index contributed by atoms with van der Waals surface area (Å²) in [4.78, 5) is 12.2. The van der Waals surface area contributed by atoms with Crippen molar-refractivity contribution in [3.63, 3.8) is 0 Å². The van der Waals surface area contributed by atoms with Gasteiger partial charge in [0.1, 0.15) is 0 Å². The molecule has 3 rings (SSSR count). The molecule has 1 heterocycles. The number of hydrogen-bond donors (Lipinski definition) is 2. The molecule has 0 saturated carbocycles. The van der Waals surface area contributed by atoms with E-state index in [1.54, 1.807) is 6.07 Å². The van der Waals surface area contributed by atoms with Crippen molar-refractivity contribution < 1.29 is 10.2 Å². The van der Waals surface area contributed by atoms with E-state index in [4.69, 9.17) is 0 Å². The monoisotopic (exact) mass is 244 g/mol. The van der Waals surface area contributed by atoms with Gasteiger partial charge in [0.15, 0.2) is 16.9 Å². The first-order valence-electron chi connectivity index (χ1n) is 5.05. The van der Waals surface area contributed by atoms with Crippen molar-refractivity contribution in [1.82, 2.24) is 0 Å². The Morgan fingerprint density at radius 3 is 2.53 bits per heavy atom. The van der Waals surface area contributed by atoms with Crippen molar-refractivity contribution in [3.05, 3.63) is 46.6 Å². The van der Waals surface area contributed by atoms with Gasteiger partial charge in [-0.2, -0.15) is 0 Å². The van der Waals surface area contributed by atoms with Gasteiger partial charge in [-0.3, -0.25) is 4.79 Å². The van der Waals surface area contributed by atoms with Gasteiger partial charge >= 0.3 is 0 Å². The second kappa shape index (κ2) is 3.46. The molecule has 84 valence electrons. The molecular weight excluding hydrogens is 236 g/mol. The maximum atomic E-state index is 12.2. The lowest BCUT2D eigenvalue weighted by Crippen LogP contribution is -2.00. The molecule has 0 amide bonds. The van der Waals surface area contributed by atoms with Crippen LogP contribution in [0.5, 0.6) is 11.5 Å². The molecule has 0 aliphatic heterocycles. The lowest BCUT2D eigenvalue weighted by molar-refractivity contribution is 0.409. The van der Waals surface area contributed by atoms with Gasteiger partial charge in [0.25, 0.3) is 0 Å². The normalized spacial score (nSPS) is 11.1. The number of aromatic hydroxyl groups is 2. The Bertz CT molecular complexity index is 790. The molecule has 2 aromatic carbocycles. The van der Waals surface area contributed by atoms with Crippen LogP contribution in [0.1, 0.15) is 0 Å². The Kier molecular flexibility index (Phi) is 2.06. The van der Waals surface area contributed by atoms with Crippen molar-refractivity contribution in [1.29, 1.82) is 0 Å². The van der Waals surface area contributed by atoms with Crippen LogP contribution in [0.25, 0.3) is 20.2 Å². The standard InChI is InChI=1S/C13H8O3S/c14-9-6-5-8-11(15)7-3-1-2-4-10(7)17-13(8)12(9)16/h1-6,14,16H. The van der Waals surface area contributed by atoms with E-state index in [0.717, 1.165) is 4.70 Å². The molecule has 3 nitrogen and oxygen atoms in total. The van der Waals surface area contributed by atoms with Crippen molar-refractivity contribution in [2.24, 2.45) is 0 Å². The molecule has 0 bridgehead atoms. The molecule has 2 N–H and O–H groups in total. The minimum atomic E-state index is -0.227. The van der Waals surface area contributed by atoms with E-state index in [1.165, 1.54) is 23.5 Å². The van der Waals surface area contributed by atoms with Crippen LogP contribution < -0.4 is 5.43 Å². The quantitative estimate of drug-likeness (QED) is 0.472. The first kappa shape index (κ1) is 10.1. The smallest absolute Gasteiger partial charge is 0.196 e. The van der Waals surface area contributed by atoms with Crippen molar-refractivity contribution in [2.75, 3.05) is 0 Å². The van der Waals surface area contributed by atoms with Crippen molar-refractivity contribution in [3.8, 4) is 11.5 Å². The Morgan fingerprint density at radius 1 is 0.941 bits per heavy atom. The molecule has 0 fully saturated rings. The Balaban J connectivity index is 2.64. The van der Waals surface area contributed by atoms with Gasteiger partial charge in [0, 0.05) is 15.5 Å². The zero-order valence-corrected chi connectivity index (χ0v) is 9.49. The third-order valence-electron chi connectivity index (χ3n) is 2.70. The summed E-state index contributed by atoms with van der Waals surface area (Å²) >= 11 is 1.30. The molecule has 0 unspecified atom stereocenters. The fourth-order valence-corrected chi connectivity index (χ4v) is 2.95. The van der Waals surface area contributed by atoms with Crippen LogP contribution in [-0.4, -0.2) is 10.2 Å². The summed E-state index contributed by atoms with van der Waals surface area (Å²) in [6.07, 6.45) is 0. The van der Waals surface area contributed by atoms with Crippen LogP contribution in [0.15, 0.2) is 41.2 Å². The highest BCUT2D eigenvalue weighted by Crippen LogP contribution is 2.36. The molecular formula is C13H8O3S. The van der Waals surface area contributed by atoms with Gasteiger partial charge in [-0.1, -0.05) is 12.1 Å². The summed E-state index contributed by atoms with van der Waals surface area (Å²) in [5, 5.41) is 20.3. The van der Waals surface area contributed by atoms with Gasteiger partial charge in [0.2, 0.25) is 0 Å². The van der Waals surface area contributed by atoms with E-state index in [1.807, 2.05) is 18.2 Å². The third kappa shape index (κ3) is 1.38. The van der Waals surface area contributed by atoms with E-state index in [9.17, 15) is 15.0 Å². The van der Waals surface area contributed by atoms with Crippen LogP contribution in [0.3, 0.4) is 0 Å². The summed E-state index contributed by atoms with van der Waals surface area (Å²) in [6.45, 7) is 0. The predicted molar refractivity (Wildman–Crippen MR) is 68.9 cm³/mol. The molecule has 0 spiro atoms. The van der Waals surface area contributed by atoms with E-state index in [-0.39, 0.29) is 16.9 Å². The number of fused-ring (bicyclic) bond motifs is 2. The molecule has 0 aliphatic carbocycles. The molecule has 0 radical (unpaired) electrons. The highest BCUT2D eigenvalue weighted by molar-refractivity contribution is 7.24. The number of benzene rings is 2. The van der Waals surface area contributed by atoms with Crippen LogP contribution >= 0.6 is 11.3 Å². The molecule has 3 aromatic rings. The Morgan fingerprint density at radius 2 is 1.71 bits per heavy atom. The fourth-order valence-electron chi connectivity index (χ4n) is 1.84. The third-order valence-corrected chi connectivity index (χ3v) is 3.89. The second-order valence-electron chi connectivity index (χ2n) is 3.74. The van der Waals surface area contributed by atoms with Gasteiger partial charge in [-0.15, -0.1) is 11.3 Å². The first-order valence-corrected chi connectivity index (χ1v) is 5.86. The fraction of sp³-hybridized carbons (Fsp3) is 0. The Hall–Kier alpha value is -2.07. The van der Waals surface area contributed by atoms with Gasteiger partial charge < -0.3 is 10.2 Å². The number of rotatable bonds is 0. The summed E-state index contributed by atoms with van der Waals surface area (Å²) in [7, 11) is 0. The predicted octanol–water partition coefficient (Wildman–Crippen LogP) is 2.83. The summed E-state index contributed by atoms with van der Waals surface area (Å²) in [5.41, 5.74) is -0.121. The molecule has 4 heteroatoms. The van der Waals surface area contributed by atoms with Crippen LogP contribution in [0.2, 0.25) is 0 Å². The SMILES string of the molecule is O=c1c2ccccc2sc2c(O)c(O)ccc12. The molecule has 0 atom stereocenters. The lowest BCUT2D eigenvalue weighted by atomic mass is 10.1. The topological polar surface area (TPSA) is 57.5 Å². The van der Waals surface area contributed by atoms with E-state index in [0.29, 0.717) is 15.5 Å². The maximum Gasteiger partial charge on any atom is 0.196 e. The maximum absolute atomic E-state index is 12.2. The molecule has 0 aliphatic rings. The number of hydrogen-bond acceptors (Lipinski definition) is 4. The molecule has 0 saturated heterocycles. The summed E-state index contributed by atoms with van der Waals surface area (Å²) in [6, 6.07) is 10.1. The molecule has 1 aromatic heterocycles. The average molecular weight is 244 g/mol. The molecule has 17 heavy (non-hydrogen) atoms. The summed E-state index contributed by atoms with van der Waals surface area (Å²) in [5.74, 6) is -0.432. The van der Waals surface area contributed by atoms with Crippen LogP contribution in [0.4, 0.5) is 0 Å². The first-order chi connectivity index (χ1) is 8.18. The average Bonchev–Trinajstić information content (AvgIpc) is 2.35. The van der Waals surface area contributed by atoms with E-state index in [2.05, 4.69) is 0 Å². The summed E-state index contributed by atoms with van der Waals surface area (Å²) < 4.78 is 1.22. The zero-order valence-electron chi connectivity index (χ0n) is 8.68. The van der Waals surface area contributed by atoms with Crippen LogP contribution in [-0.2, 0) is 0 Å². The minimum absolute atomic E-state index is 0.121.